The number of aromatic amines is 2. The van der Waals surface area contributed by atoms with Gasteiger partial charge in [0.15, 0.2) is 69.1 Å². The van der Waals surface area contributed by atoms with Crippen LogP contribution in [0.2, 0.25) is 0 Å². The van der Waals surface area contributed by atoms with Crippen molar-refractivity contribution in [2.24, 2.45) is 17.5 Å². The molecule has 42 heteroatoms. The quantitative estimate of drug-likeness (QED) is 0.00412. The number of amides is 4. The molecule has 2 aromatic heterocycles. The minimum Gasteiger partial charge on any atom is -0.504 e. The van der Waals surface area contributed by atoms with Crippen molar-refractivity contribution >= 4 is 35.6 Å². The topological polar surface area (TPSA) is 582 Å². The number of nitrogen functional groups attached to an aromatic ring is 1. The van der Waals surface area contributed by atoms with Gasteiger partial charge in [-0.15, -0.1) is 0 Å². The van der Waals surface area contributed by atoms with Crippen molar-refractivity contribution in [3.8, 4) is 104 Å². The average molecular weight is 1880 g/mol. The van der Waals surface area contributed by atoms with Crippen molar-refractivity contribution in [1.29, 1.82) is 5.26 Å². The minimum absolute atomic E-state index is 0. The third kappa shape index (κ3) is 36.0. The molecule has 0 spiro atoms. The lowest BCUT2D eigenvalue weighted by atomic mass is 10.1. The molecule has 0 unspecified atom stereocenters. The zero-order chi connectivity index (χ0) is 95.7. The molecule has 0 fully saturated rings. The van der Waals surface area contributed by atoms with Crippen LogP contribution in [0.15, 0.2) is 255 Å². The fourth-order valence-corrected chi connectivity index (χ4v) is 10.6. The summed E-state index contributed by atoms with van der Waals surface area (Å²) in [5.41, 5.74) is 5.42. The molecule has 2 heterocycles. The molecule has 0 saturated heterocycles. The van der Waals surface area contributed by atoms with Gasteiger partial charge in [-0.25, -0.2) is 25.4 Å². The molecule has 36 nitrogen and oxygen atoms in total. The van der Waals surface area contributed by atoms with Crippen LogP contribution < -0.4 is 67.3 Å². The molecular formula is C93H102F6N14O22. The van der Waals surface area contributed by atoms with E-state index in [1.807, 2.05) is 110 Å². The van der Waals surface area contributed by atoms with Crippen LogP contribution in [0.3, 0.4) is 0 Å². The predicted molar refractivity (Wildman–Crippen MR) is 484 cm³/mol. The molecule has 0 aliphatic heterocycles. The number of nitrogens with zero attached hydrogens (tertiary/aromatic N) is 5. The zero-order valence-electron chi connectivity index (χ0n) is 70.3. The van der Waals surface area contributed by atoms with Crippen LogP contribution >= 0.6 is 0 Å². The van der Waals surface area contributed by atoms with Gasteiger partial charge >= 0.3 is 31.8 Å². The van der Waals surface area contributed by atoms with Crippen LogP contribution in [0.4, 0.5) is 26.3 Å². The van der Waals surface area contributed by atoms with Gasteiger partial charge in [0.25, 0.3) is 23.6 Å². The number of phenolic OH excluding ortho intramolecular Hbond substituents is 7. The number of hydrogen-bond donors (Lipinski definition) is 16. The number of aromatic hydroxyl groups is 7. The van der Waals surface area contributed by atoms with Gasteiger partial charge in [-0.3, -0.25) is 46.5 Å². The highest BCUT2D eigenvalue weighted by atomic mass is 19.3. The summed E-state index contributed by atoms with van der Waals surface area (Å²) in [5.74, 6) is 8.26. The fraction of sp³-hybridized carbons (Fsp3) is 0.172. The number of phenols is 7. The van der Waals surface area contributed by atoms with E-state index in [2.05, 4.69) is 81.7 Å². The van der Waals surface area contributed by atoms with Crippen LogP contribution in [0.5, 0.6) is 74.7 Å². The minimum atomic E-state index is -3.05. The summed E-state index contributed by atoms with van der Waals surface area (Å²) < 4.78 is 113. The van der Waals surface area contributed by atoms with Gasteiger partial charge in [-0.2, -0.15) is 41.8 Å². The Hall–Kier alpha value is -17.2. The summed E-state index contributed by atoms with van der Waals surface area (Å²) in [6, 6.07) is 70.0. The number of benzene rings is 11. The molecule has 0 aliphatic carbocycles. The maximum absolute atomic E-state index is 12.6. The number of halogens is 6. The molecule has 4 amide bonds. The van der Waals surface area contributed by atoms with Gasteiger partial charge in [-0.1, -0.05) is 194 Å². The summed E-state index contributed by atoms with van der Waals surface area (Å²) >= 11 is 0. The maximum atomic E-state index is 12.6. The van der Waals surface area contributed by atoms with Gasteiger partial charge in [0.05, 0.1) is 66.8 Å². The lowest BCUT2D eigenvalue weighted by Crippen LogP contribution is -2.30. The molecule has 21 N–H and O–H groups in total. The molecule has 0 aliphatic rings. The van der Waals surface area contributed by atoms with Crippen LogP contribution in [-0.4, -0.2) is 148 Å². The molecule has 718 valence electrons. The average Bonchev–Trinajstić information content (AvgIpc) is 1.60. The van der Waals surface area contributed by atoms with E-state index in [9.17, 15) is 80.6 Å². The van der Waals surface area contributed by atoms with Crippen LogP contribution in [-0.2, 0) is 42.4 Å². The molecule has 11 aromatic carbocycles. The highest BCUT2D eigenvalue weighted by Crippen LogP contribution is 2.38. The number of para-hydroxylation sites is 8. The number of H-pyrrole nitrogens is 2. The summed E-state index contributed by atoms with van der Waals surface area (Å²) in [6.45, 7) is -4.52. The summed E-state index contributed by atoms with van der Waals surface area (Å²) in [5, 5.41) is 96.9. The number of nitrogens with two attached hydrogens (primary N) is 3. The van der Waals surface area contributed by atoms with E-state index in [4.69, 9.17) is 35.5 Å². The Morgan fingerprint density at radius 3 is 1.03 bits per heavy atom. The first-order chi connectivity index (χ1) is 63.2. The smallest absolute Gasteiger partial charge is 0.387 e. The lowest BCUT2D eigenvalue weighted by Gasteiger charge is -2.10. The van der Waals surface area contributed by atoms with Gasteiger partial charge in [0.2, 0.25) is 0 Å². The Kier molecular flexibility index (Phi) is 51.1. The Bertz CT molecular complexity index is 5750. The maximum Gasteiger partial charge on any atom is 0.387 e. The second-order valence-electron chi connectivity index (χ2n) is 25.1. The van der Waals surface area contributed by atoms with Gasteiger partial charge in [0.1, 0.15) is 66.4 Å². The molecule has 0 saturated carbocycles. The van der Waals surface area contributed by atoms with E-state index in [1.165, 1.54) is 136 Å². The first-order valence-electron chi connectivity index (χ1n) is 38.4. The number of methoxy groups -OCH3 is 2. The standard InChI is InChI=1S/C24H20F2N4O4.C17H14F2N4O4.C15H14O4.C14H14N2O3.C10H8F2N2O2.C8H8O4.C2H6.3CH4.H4N2.H2O/c25-24(26)34-18-11-5-4-9-16(18)23(32)27-13-20-28-22(30-29-20)17-10-6-12-19(21(17)31)33-14-15-7-2-1-3-8-15;18-17(19)27-12-7-2-1-4-9(12)16(26)20-8-13-21-15(23-22-13)10-5-3-6-11(24)14(10)25;1-18-15(17)12-8-5-9-13(14(12)16)19-10-11-6-3-2-4-7-11;15-16-14(18)11-7-4-8-12(13(11)17)19-9-10-5-2-1-3-6-10;11-10(12)16-8-4-2-1-3-7(8)9(15)14-6-5-13;1-12-8(11)5-3-2-4-6(9)7(5)10;1-2;;;;1-2;/h1-12,24,31H,13-14H2,(H,27,32)(H,28,29,30);1-7,17,24-25H,8H2,(H,20,26)(H,21,22,23);2-9,16H,10H2,1H3;1-8,17H,9,15H2,(H,16,18);1-4,10H,6H2,(H,14,15);2-4,9-10H,1H3;1-2H3;3*1H4;1-2H2;1H2. The SMILES string of the molecule is C.C.C.CC.COC(=O)c1cccc(O)c1O.COC(=O)c1cccc(OCc2ccccc2)c1O.N#CCNC(=O)c1ccccc1OC(F)F.NN.NNC(=O)c1cccc(OCc2ccccc2)c1O.O.O=C(NCc1nc(-c2cccc(O)c2O)n[nH]1)c1ccccc1OC(F)F.O=C(NCc1nc(-c2cccc(OCc3ccccc3)c2O)n[nH]1)c1ccccc1OC(F)F. The monoisotopic (exact) mass is 1880 g/mol. The number of nitrogens with one attached hydrogen (secondary N) is 6. The molecule has 0 atom stereocenters. The lowest BCUT2D eigenvalue weighted by molar-refractivity contribution is -0.0509. The fourth-order valence-electron chi connectivity index (χ4n) is 10.6. The number of ether oxygens (including phenoxy) is 8. The number of alkyl halides is 6. The van der Waals surface area contributed by atoms with E-state index in [0.717, 1.165) is 16.7 Å². The molecule has 0 radical (unpaired) electrons. The third-order valence-corrected chi connectivity index (χ3v) is 16.7. The number of carbonyl (C=O) groups is 6. The van der Waals surface area contributed by atoms with Gasteiger partial charge in [0, 0.05) is 0 Å². The van der Waals surface area contributed by atoms with E-state index < -0.39 is 61.2 Å². The molecular weight excluding hydrogens is 1780 g/mol. The number of carbonyl (C=O) groups excluding carboxylic acids is 6. The Morgan fingerprint density at radius 2 is 0.667 bits per heavy atom. The number of hydrazine groups is 2. The summed E-state index contributed by atoms with van der Waals surface area (Å²) in [4.78, 5) is 78.2. The van der Waals surface area contributed by atoms with Crippen LogP contribution in [0.1, 0.15) is 127 Å². The molecule has 135 heavy (non-hydrogen) atoms. The molecule has 0 bridgehead atoms. The Labute approximate surface area is 770 Å². The second kappa shape index (κ2) is 60.6. The highest BCUT2D eigenvalue weighted by Gasteiger charge is 2.23. The number of rotatable bonds is 28. The van der Waals surface area contributed by atoms with Gasteiger partial charge in [-0.05, 0) is 114 Å². The van der Waals surface area contributed by atoms with Crippen molar-refractivity contribution in [2.75, 3.05) is 20.8 Å². The Morgan fingerprint density at radius 1 is 0.378 bits per heavy atom. The zero-order valence-corrected chi connectivity index (χ0v) is 70.3. The third-order valence-electron chi connectivity index (χ3n) is 16.7. The van der Waals surface area contributed by atoms with E-state index in [-0.39, 0.29) is 179 Å². The molecule has 13 aromatic rings. The van der Waals surface area contributed by atoms with Crippen LogP contribution in [0, 0.1) is 11.3 Å². The second-order valence-corrected chi connectivity index (χ2v) is 25.1. The van der Waals surface area contributed by atoms with E-state index >= 15 is 0 Å². The van der Waals surface area contributed by atoms with Crippen molar-refractivity contribution in [3.05, 3.63) is 317 Å². The highest BCUT2D eigenvalue weighted by molar-refractivity contribution is 5.99. The van der Waals surface area contributed by atoms with E-state index in [1.54, 1.807) is 48.5 Å². The number of nitriles is 1. The van der Waals surface area contributed by atoms with Crippen molar-refractivity contribution in [3.63, 3.8) is 0 Å². The van der Waals surface area contributed by atoms with Crippen LogP contribution in [0.25, 0.3) is 22.8 Å². The number of hydrogen-bond acceptors (Lipinski definition) is 29. The normalized spacial score (nSPS) is 9.74. The number of esters is 2. The number of aromatic nitrogens is 6. The summed E-state index contributed by atoms with van der Waals surface area (Å²) in [7, 11) is 2.46. The largest absolute Gasteiger partial charge is 0.504 e. The van der Waals surface area contributed by atoms with E-state index in [0.29, 0.717) is 24.6 Å². The predicted octanol–water partition coefficient (Wildman–Crippen LogP) is 14.4. The Balaban J connectivity index is 0.000000556. The van der Waals surface area contributed by atoms with Crippen molar-refractivity contribution in [2.45, 2.75) is 88.9 Å². The van der Waals surface area contributed by atoms with Crippen molar-refractivity contribution < 1.29 is 134 Å². The first-order valence-corrected chi connectivity index (χ1v) is 38.4. The van der Waals surface area contributed by atoms with Gasteiger partial charge < -0.3 is 95.1 Å². The molecule has 13 rings (SSSR count). The first kappa shape index (κ1) is 114. The van der Waals surface area contributed by atoms with Crippen molar-refractivity contribution in [1.82, 2.24) is 51.7 Å². The summed E-state index contributed by atoms with van der Waals surface area (Å²) in [6.07, 6.45) is 0.